The van der Waals surface area contributed by atoms with Gasteiger partial charge in [0.2, 0.25) is 5.95 Å². The number of aliphatic hydroxyl groups is 1. The van der Waals surface area contributed by atoms with E-state index in [1.165, 1.54) is 12.3 Å². The van der Waals surface area contributed by atoms with Gasteiger partial charge in [-0.15, -0.1) is 0 Å². The van der Waals surface area contributed by atoms with Gasteiger partial charge in [0.15, 0.2) is 29.0 Å². The molecule has 1 aromatic carbocycles. The lowest BCUT2D eigenvalue weighted by Gasteiger charge is -2.35. The molecule has 0 saturated carbocycles. The fourth-order valence-electron chi connectivity index (χ4n) is 2.69. The van der Waals surface area contributed by atoms with Crippen LogP contribution in [0.5, 0.6) is 11.5 Å². The summed E-state index contributed by atoms with van der Waals surface area (Å²) in [6.07, 6.45) is 1.31. The first kappa shape index (κ1) is 17.3. The van der Waals surface area contributed by atoms with E-state index >= 15 is 0 Å². The number of nitrogens with zero attached hydrogens (tertiary/aromatic N) is 4. The van der Waals surface area contributed by atoms with E-state index in [4.69, 9.17) is 15.6 Å². The van der Waals surface area contributed by atoms with Crippen LogP contribution in [-0.4, -0.2) is 59.3 Å². The molecule has 2 heterocycles. The molecule has 1 aliphatic heterocycles. The number of aromatic nitrogens is 2. The van der Waals surface area contributed by atoms with Gasteiger partial charge in [-0.05, 0) is 12.1 Å². The second-order valence-corrected chi connectivity index (χ2v) is 5.62. The maximum absolute atomic E-state index is 13.9. The van der Waals surface area contributed by atoms with Crippen molar-refractivity contribution >= 4 is 11.8 Å². The van der Waals surface area contributed by atoms with Gasteiger partial charge in [0.25, 0.3) is 0 Å². The highest BCUT2D eigenvalue weighted by Gasteiger charge is 2.23. The minimum absolute atomic E-state index is 0.0501. The van der Waals surface area contributed by atoms with E-state index in [-0.39, 0.29) is 18.3 Å². The summed E-state index contributed by atoms with van der Waals surface area (Å²) >= 11 is 0. The van der Waals surface area contributed by atoms with Crippen LogP contribution in [0.2, 0.25) is 0 Å². The van der Waals surface area contributed by atoms with E-state index < -0.39 is 17.4 Å². The minimum atomic E-state index is -0.810. The van der Waals surface area contributed by atoms with Crippen molar-refractivity contribution < 1.29 is 18.6 Å². The number of para-hydroxylation sites is 1. The van der Waals surface area contributed by atoms with Crippen LogP contribution in [0.1, 0.15) is 0 Å². The van der Waals surface area contributed by atoms with Crippen LogP contribution in [0.25, 0.3) is 0 Å². The van der Waals surface area contributed by atoms with Crippen LogP contribution >= 0.6 is 0 Å². The van der Waals surface area contributed by atoms with E-state index in [1.807, 2.05) is 4.90 Å². The number of ether oxygens (including phenoxy) is 1. The average Bonchev–Trinajstić information content (AvgIpc) is 2.60. The van der Waals surface area contributed by atoms with Crippen molar-refractivity contribution in [2.45, 2.75) is 0 Å². The molecule has 0 aliphatic carbocycles. The Morgan fingerprint density at radius 1 is 1.16 bits per heavy atom. The third kappa shape index (κ3) is 3.94. The molecule has 0 spiro atoms. The zero-order valence-electron chi connectivity index (χ0n) is 13.5. The highest BCUT2D eigenvalue weighted by molar-refractivity contribution is 5.55. The minimum Gasteiger partial charge on any atom is -0.446 e. The van der Waals surface area contributed by atoms with Crippen molar-refractivity contribution in [1.82, 2.24) is 14.9 Å². The summed E-state index contributed by atoms with van der Waals surface area (Å²) in [4.78, 5) is 12.1. The van der Waals surface area contributed by atoms with Gasteiger partial charge in [-0.1, -0.05) is 6.07 Å². The standard InChI is InChI=1S/C16H19F2N5O2/c17-11-2-1-3-12(18)14(11)25-13-10-20-16(19)21-15(13)23-6-4-22(5-7-23)8-9-24/h1-3,10,24H,4-9H2,(H2,19,20,21). The van der Waals surface area contributed by atoms with Crippen LogP contribution in [0.4, 0.5) is 20.5 Å². The van der Waals surface area contributed by atoms with Crippen LogP contribution in [0.15, 0.2) is 24.4 Å². The Hall–Kier alpha value is -2.52. The molecule has 1 saturated heterocycles. The smallest absolute Gasteiger partial charge is 0.222 e. The summed E-state index contributed by atoms with van der Waals surface area (Å²) in [5, 5.41) is 9.01. The molecule has 3 rings (SSSR count). The first-order valence-electron chi connectivity index (χ1n) is 7.91. The van der Waals surface area contributed by atoms with Crippen molar-refractivity contribution in [2.24, 2.45) is 0 Å². The maximum atomic E-state index is 13.9. The van der Waals surface area contributed by atoms with Crippen molar-refractivity contribution in [3.8, 4) is 11.5 Å². The topological polar surface area (TPSA) is 87.7 Å². The zero-order valence-corrected chi connectivity index (χ0v) is 13.5. The second-order valence-electron chi connectivity index (χ2n) is 5.62. The molecular formula is C16H19F2N5O2. The highest BCUT2D eigenvalue weighted by atomic mass is 19.1. The maximum Gasteiger partial charge on any atom is 0.222 e. The number of hydrogen-bond acceptors (Lipinski definition) is 7. The largest absolute Gasteiger partial charge is 0.446 e. The molecule has 1 fully saturated rings. The van der Waals surface area contributed by atoms with Crippen molar-refractivity contribution in [2.75, 3.05) is 50.0 Å². The first-order chi connectivity index (χ1) is 12.1. The molecular weight excluding hydrogens is 332 g/mol. The molecule has 0 amide bonds. The van der Waals surface area contributed by atoms with Gasteiger partial charge in [-0.25, -0.2) is 13.8 Å². The lowest BCUT2D eigenvalue weighted by Crippen LogP contribution is -2.47. The van der Waals surface area contributed by atoms with Gasteiger partial charge in [-0.3, -0.25) is 4.90 Å². The number of nitrogen functional groups attached to an aromatic ring is 1. The third-order valence-electron chi connectivity index (χ3n) is 3.97. The average molecular weight is 351 g/mol. The number of rotatable bonds is 5. The molecule has 9 heteroatoms. The van der Waals surface area contributed by atoms with Crippen molar-refractivity contribution in [3.63, 3.8) is 0 Å². The van der Waals surface area contributed by atoms with Gasteiger partial charge < -0.3 is 20.5 Å². The van der Waals surface area contributed by atoms with Crippen molar-refractivity contribution in [1.29, 1.82) is 0 Å². The number of benzene rings is 1. The number of halogens is 2. The summed E-state index contributed by atoms with van der Waals surface area (Å²) in [6, 6.07) is 3.49. The molecule has 0 radical (unpaired) electrons. The molecule has 7 nitrogen and oxygen atoms in total. The lowest BCUT2D eigenvalue weighted by atomic mass is 10.3. The Bertz CT molecular complexity index is 718. The van der Waals surface area contributed by atoms with Crippen LogP contribution in [0.3, 0.4) is 0 Å². The Kier molecular flexibility index (Phi) is 5.25. The van der Waals surface area contributed by atoms with Gasteiger partial charge in [0, 0.05) is 32.7 Å². The van der Waals surface area contributed by atoms with Gasteiger partial charge in [-0.2, -0.15) is 4.98 Å². The number of β-amino-alcohol motifs (C(OH)–C–C–N with tert-alkyl or cyclic N) is 1. The summed E-state index contributed by atoms with van der Waals surface area (Å²) in [7, 11) is 0. The molecule has 134 valence electrons. The fraction of sp³-hybridized carbons (Fsp3) is 0.375. The highest BCUT2D eigenvalue weighted by Crippen LogP contribution is 2.33. The number of nitrogens with two attached hydrogens (primary N) is 1. The van der Waals surface area contributed by atoms with E-state index in [0.717, 1.165) is 25.2 Å². The van der Waals surface area contributed by atoms with E-state index in [1.54, 1.807) is 0 Å². The van der Waals surface area contributed by atoms with Crippen LogP contribution in [0, 0.1) is 11.6 Å². The molecule has 2 aromatic rings. The Balaban J connectivity index is 1.84. The quantitative estimate of drug-likeness (QED) is 0.838. The monoisotopic (exact) mass is 351 g/mol. The molecule has 1 aliphatic rings. The normalized spacial score (nSPS) is 15.4. The number of aliphatic hydroxyl groups excluding tert-OH is 1. The summed E-state index contributed by atoms with van der Waals surface area (Å²) in [5.74, 6) is -1.55. The Morgan fingerprint density at radius 3 is 2.48 bits per heavy atom. The molecule has 0 unspecified atom stereocenters. The second kappa shape index (κ2) is 7.58. The van der Waals surface area contributed by atoms with Gasteiger partial charge >= 0.3 is 0 Å². The molecule has 0 bridgehead atoms. The van der Waals surface area contributed by atoms with Crippen LogP contribution in [-0.2, 0) is 0 Å². The number of piperazine rings is 1. The molecule has 3 N–H and O–H groups in total. The number of anilines is 2. The number of hydrogen-bond donors (Lipinski definition) is 2. The third-order valence-corrected chi connectivity index (χ3v) is 3.97. The SMILES string of the molecule is Nc1ncc(Oc2c(F)cccc2F)c(N2CCN(CCO)CC2)n1. The van der Waals surface area contributed by atoms with E-state index in [2.05, 4.69) is 14.9 Å². The van der Waals surface area contributed by atoms with Gasteiger partial charge in [0.05, 0.1) is 12.8 Å². The summed E-state index contributed by atoms with van der Waals surface area (Å²) < 4.78 is 33.1. The van der Waals surface area contributed by atoms with E-state index in [9.17, 15) is 8.78 Å². The fourth-order valence-corrected chi connectivity index (χ4v) is 2.69. The predicted octanol–water partition coefficient (Wildman–Crippen LogP) is 1.24. The lowest BCUT2D eigenvalue weighted by molar-refractivity contribution is 0.188. The first-order valence-corrected chi connectivity index (χ1v) is 7.91. The Morgan fingerprint density at radius 2 is 1.84 bits per heavy atom. The summed E-state index contributed by atoms with van der Waals surface area (Å²) in [6.45, 7) is 3.37. The molecule has 0 atom stereocenters. The van der Waals surface area contributed by atoms with E-state index in [0.29, 0.717) is 25.5 Å². The Labute approximate surface area is 143 Å². The molecule has 1 aromatic heterocycles. The van der Waals surface area contributed by atoms with Gasteiger partial charge in [0.1, 0.15) is 0 Å². The zero-order chi connectivity index (χ0) is 17.8. The van der Waals surface area contributed by atoms with Crippen LogP contribution < -0.4 is 15.4 Å². The molecule has 25 heavy (non-hydrogen) atoms. The predicted molar refractivity (Wildman–Crippen MR) is 88.6 cm³/mol. The van der Waals surface area contributed by atoms with Crippen molar-refractivity contribution in [3.05, 3.63) is 36.0 Å². The summed E-state index contributed by atoms with van der Waals surface area (Å²) in [5.41, 5.74) is 5.67.